The lowest BCUT2D eigenvalue weighted by Crippen LogP contribution is -2.67. The second-order valence-corrected chi connectivity index (χ2v) is 10.5. The van der Waals surface area contributed by atoms with Crippen LogP contribution in [0.4, 0.5) is 0 Å². The molecule has 176 valence electrons. The van der Waals surface area contributed by atoms with Gasteiger partial charge in [-0.1, -0.05) is 30.3 Å². The van der Waals surface area contributed by atoms with Gasteiger partial charge in [-0.25, -0.2) is 0 Å². The maximum absolute atomic E-state index is 13.2. The maximum atomic E-state index is 13.2. The van der Waals surface area contributed by atoms with Gasteiger partial charge in [0.05, 0.1) is 12.7 Å². The molecule has 0 spiro atoms. The zero-order valence-electron chi connectivity index (χ0n) is 19.9. The lowest BCUT2D eigenvalue weighted by Gasteiger charge is -2.59. The lowest BCUT2D eigenvalue weighted by atomic mass is 9.55. The van der Waals surface area contributed by atoms with Gasteiger partial charge in [-0.15, -0.1) is 0 Å². The van der Waals surface area contributed by atoms with E-state index >= 15 is 0 Å². The number of piperidine rings is 1. The van der Waals surface area contributed by atoms with Crippen molar-refractivity contribution in [3.05, 3.63) is 65.7 Å². The number of β-amino-alcohol motifs (C(OH)–C–C–N with tert-alkyl or cyclic N) is 1. The number of methoxy groups -OCH3 is 1. The van der Waals surface area contributed by atoms with Crippen LogP contribution < -0.4 is 4.74 Å². The predicted octanol–water partition coefficient (Wildman–Crippen LogP) is 4.10. The van der Waals surface area contributed by atoms with Crippen molar-refractivity contribution in [3.8, 4) is 5.75 Å². The van der Waals surface area contributed by atoms with E-state index in [-0.39, 0.29) is 11.9 Å². The number of ether oxygens (including phenoxy) is 1. The Bertz CT molecular complexity index is 992. The molecule has 1 aliphatic heterocycles. The molecule has 2 aromatic rings. The smallest absolute Gasteiger partial charge is 0.253 e. The highest BCUT2D eigenvalue weighted by molar-refractivity contribution is 5.94. The molecule has 2 unspecified atom stereocenters. The first-order chi connectivity index (χ1) is 15.9. The van der Waals surface area contributed by atoms with E-state index in [0.717, 1.165) is 55.1 Å². The SMILES string of the molecule is COc1cccc(C23CCN(CC4CC4)CC2(O)CC[C@H](N(C)C(=O)c2ccccc2)C3)c1. The fourth-order valence-corrected chi connectivity index (χ4v) is 6.26. The average molecular weight is 449 g/mol. The topological polar surface area (TPSA) is 53.0 Å². The van der Waals surface area contributed by atoms with Crippen LogP contribution in [0.5, 0.6) is 5.75 Å². The minimum atomic E-state index is -0.806. The summed E-state index contributed by atoms with van der Waals surface area (Å²) in [5.74, 6) is 1.68. The highest BCUT2D eigenvalue weighted by atomic mass is 16.5. The van der Waals surface area contributed by atoms with Gasteiger partial charge in [0.2, 0.25) is 0 Å². The van der Waals surface area contributed by atoms with Crippen LogP contribution in [0.1, 0.15) is 54.4 Å². The van der Waals surface area contributed by atoms with E-state index in [4.69, 9.17) is 4.74 Å². The van der Waals surface area contributed by atoms with Crippen molar-refractivity contribution >= 4 is 5.91 Å². The molecule has 2 saturated carbocycles. The quantitative estimate of drug-likeness (QED) is 0.723. The molecule has 3 fully saturated rings. The Morgan fingerprint density at radius 3 is 2.64 bits per heavy atom. The van der Waals surface area contributed by atoms with Crippen molar-refractivity contribution in [2.24, 2.45) is 5.92 Å². The number of benzene rings is 2. The van der Waals surface area contributed by atoms with Crippen molar-refractivity contribution < 1.29 is 14.6 Å². The third-order valence-electron chi connectivity index (χ3n) is 8.43. The van der Waals surface area contributed by atoms with Crippen LogP contribution >= 0.6 is 0 Å². The number of hydrogen-bond donors (Lipinski definition) is 1. The summed E-state index contributed by atoms with van der Waals surface area (Å²) < 4.78 is 5.55. The van der Waals surface area contributed by atoms with Crippen LogP contribution in [0.3, 0.4) is 0 Å². The van der Waals surface area contributed by atoms with Gasteiger partial charge in [-0.3, -0.25) is 4.79 Å². The second-order valence-electron chi connectivity index (χ2n) is 10.5. The van der Waals surface area contributed by atoms with E-state index in [1.165, 1.54) is 12.8 Å². The maximum Gasteiger partial charge on any atom is 0.253 e. The first-order valence-corrected chi connectivity index (χ1v) is 12.4. The van der Waals surface area contributed by atoms with E-state index < -0.39 is 11.0 Å². The van der Waals surface area contributed by atoms with Crippen LogP contribution in [-0.4, -0.2) is 66.2 Å². The Balaban J connectivity index is 1.46. The van der Waals surface area contributed by atoms with Gasteiger partial charge >= 0.3 is 0 Å². The summed E-state index contributed by atoms with van der Waals surface area (Å²) in [6, 6.07) is 17.8. The molecular weight excluding hydrogens is 412 g/mol. The molecule has 1 saturated heterocycles. The number of aliphatic hydroxyl groups is 1. The molecule has 3 atom stereocenters. The zero-order chi connectivity index (χ0) is 23.1. The fourth-order valence-electron chi connectivity index (χ4n) is 6.26. The van der Waals surface area contributed by atoms with Crippen molar-refractivity contribution in [2.75, 3.05) is 33.8 Å². The molecular formula is C28H36N2O3. The summed E-state index contributed by atoms with van der Waals surface area (Å²) >= 11 is 0. The van der Waals surface area contributed by atoms with Crippen LogP contribution in [0, 0.1) is 5.92 Å². The van der Waals surface area contributed by atoms with Crippen LogP contribution in [0.2, 0.25) is 0 Å². The molecule has 3 aliphatic rings. The second kappa shape index (κ2) is 8.77. The molecule has 2 aliphatic carbocycles. The Morgan fingerprint density at radius 1 is 1.12 bits per heavy atom. The summed E-state index contributed by atoms with van der Waals surface area (Å²) in [5, 5.41) is 12.2. The number of hydrogen-bond acceptors (Lipinski definition) is 4. The first kappa shape index (κ1) is 22.4. The number of carbonyl (C=O) groups excluding carboxylic acids is 1. The Hall–Kier alpha value is -2.37. The monoisotopic (exact) mass is 448 g/mol. The molecule has 1 amide bonds. The van der Waals surface area contributed by atoms with E-state index in [1.807, 2.05) is 54.4 Å². The molecule has 5 nitrogen and oxygen atoms in total. The molecule has 0 bridgehead atoms. The highest BCUT2D eigenvalue weighted by Gasteiger charge is 2.58. The summed E-state index contributed by atoms with van der Waals surface area (Å²) in [5.41, 5.74) is 0.659. The van der Waals surface area contributed by atoms with Gasteiger partial charge in [0.1, 0.15) is 5.75 Å². The number of nitrogens with zero attached hydrogens (tertiary/aromatic N) is 2. The van der Waals surface area contributed by atoms with Gasteiger partial charge in [-0.05, 0) is 80.8 Å². The van der Waals surface area contributed by atoms with Gasteiger partial charge < -0.3 is 19.6 Å². The summed E-state index contributed by atoms with van der Waals surface area (Å²) in [7, 11) is 3.61. The third kappa shape index (κ3) is 4.17. The average Bonchev–Trinajstić information content (AvgIpc) is 3.67. The normalized spacial score (nSPS) is 29.8. The minimum absolute atomic E-state index is 0.0537. The number of carbonyl (C=O) groups is 1. The van der Waals surface area contributed by atoms with Crippen molar-refractivity contribution in [3.63, 3.8) is 0 Å². The summed E-state index contributed by atoms with van der Waals surface area (Å²) in [6.07, 6.45) is 5.82. The van der Waals surface area contributed by atoms with Crippen molar-refractivity contribution in [1.29, 1.82) is 0 Å². The summed E-state index contributed by atoms with van der Waals surface area (Å²) in [6.45, 7) is 2.80. The molecule has 5 heteroatoms. The first-order valence-electron chi connectivity index (χ1n) is 12.4. The third-order valence-corrected chi connectivity index (χ3v) is 8.43. The Kier molecular flexibility index (Phi) is 5.96. The van der Waals surface area contributed by atoms with Gasteiger partial charge in [-0.2, -0.15) is 0 Å². The standard InChI is InChI=1S/C28H36N2O3/c1-29(26(31)22-7-4-3-5-8-22)24-13-14-28(32)20-30(19-21-11-12-21)16-15-27(28,18-24)23-9-6-10-25(17-23)33-2/h3-10,17,21,24,32H,11-16,18-20H2,1-2H3/t24-,27?,28?/m0/s1. The lowest BCUT2D eigenvalue weighted by molar-refractivity contribution is -0.132. The number of fused-ring (bicyclic) bond motifs is 1. The van der Waals surface area contributed by atoms with E-state index in [0.29, 0.717) is 13.0 Å². The largest absolute Gasteiger partial charge is 0.497 e. The molecule has 0 radical (unpaired) electrons. The summed E-state index contributed by atoms with van der Waals surface area (Å²) in [4.78, 5) is 17.6. The molecule has 0 aromatic heterocycles. The molecule has 2 aromatic carbocycles. The van der Waals surface area contributed by atoms with Crippen molar-refractivity contribution in [1.82, 2.24) is 9.80 Å². The Labute approximate surface area is 197 Å². The van der Waals surface area contributed by atoms with Gasteiger partial charge in [0.25, 0.3) is 5.91 Å². The molecule has 33 heavy (non-hydrogen) atoms. The van der Waals surface area contributed by atoms with Crippen LogP contribution in [0.25, 0.3) is 0 Å². The molecule has 1 N–H and O–H groups in total. The van der Waals surface area contributed by atoms with Gasteiger partial charge in [0, 0.05) is 37.2 Å². The number of rotatable bonds is 6. The van der Waals surface area contributed by atoms with Crippen LogP contribution in [-0.2, 0) is 5.41 Å². The van der Waals surface area contributed by atoms with E-state index in [1.54, 1.807) is 7.11 Å². The fraction of sp³-hybridized carbons (Fsp3) is 0.536. The van der Waals surface area contributed by atoms with Gasteiger partial charge in [0.15, 0.2) is 0 Å². The Morgan fingerprint density at radius 2 is 1.91 bits per heavy atom. The number of likely N-dealkylation sites (tertiary alicyclic amines) is 1. The van der Waals surface area contributed by atoms with Crippen LogP contribution in [0.15, 0.2) is 54.6 Å². The van der Waals surface area contributed by atoms with Crippen molar-refractivity contribution in [2.45, 2.75) is 55.6 Å². The number of amides is 1. The molecule has 1 heterocycles. The molecule has 5 rings (SSSR count). The minimum Gasteiger partial charge on any atom is -0.497 e. The highest BCUT2D eigenvalue weighted by Crippen LogP contribution is 2.53. The predicted molar refractivity (Wildman–Crippen MR) is 130 cm³/mol. The zero-order valence-corrected chi connectivity index (χ0v) is 19.9. The van der Waals surface area contributed by atoms with E-state index in [9.17, 15) is 9.90 Å². The van der Waals surface area contributed by atoms with E-state index in [2.05, 4.69) is 17.0 Å².